The molecule has 2 aromatic rings. The molecule has 2 heteroatoms. The standard InChI is InChI=1S/C15H14BrCl/c1-15(2)8-13(17)11-7-12(16)9-5-3-4-6-10(9)14(11)15/h3-7,13H,8H2,1-2H3. The molecule has 1 aliphatic rings. The predicted molar refractivity (Wildman–Crippen MR) is 77.9 cm³/mol. The van der Waals surface area contributed by atoms with E-state index in [2.05, 4.69) is 60.1 Å². The molecule has 1 unspecified atom stereocenters. The van der Waals surface area contributed by atoms with Gasteiger partial charge in [0, 0.05) is 4.47 Å². The summed E-state index contributed by atoms with van der Waals surface area (Å²) in [5.74, 6) is 0. The van der Waals surface area contributed by atoms with E-state index in [-0.39, 0.29) is 10.8 Å². The van der Waals surface area contributed by atoms with Crippen molar-refractivity contribution < 1.29 is 0 Å². The topological polar surface area (TPSA) is 0 Å². The van der Waals surface area contributed by atoms with E-state index in [9.17, 15) is 0 Å². The van der Waals surface area contributed by atoms with Gasteiger partial charge in [0.2, 0.25) is 0 Å². The molecule has 0 saturated heterocycles. The zero-order chi connectivity index (χ0) is 12.2. The fraction of sp³-hybridized carbons (Fsp3) is 0.333. The summed E-state index contributed by atoms with van der Waals surface area (Å²) in [5, 5.41) is 2.76. The van der Waals surface area contributed by atoms with Crippen molar-refractivity contribution in [2.45, 2.75) is 31.1 Å². The zero-order valence-electron chi connectivity index (χ0n) is 9.93. The van der Waals surface area contributed by atoms with Crippen LogP contribution >= 0.6 is 27.5 Å². The third-order valence-corrected chi connectivity index (χ3v) is 4.77. The summed E-state index contributed by atoms with van der Waals surface area (Å²) in [7, 11) is 0. The third-order valence-electron chi connectivity index (χ3n) is 3.73. The Kier molecular flexibility index (Phi) is 2.53. The molecule has 0 amide bonds. The molecular weight excluding hydrogens is 296 g/mol. The van der Waals surface area contributed by atoms with E-state index in [1.807, 2.05) is 0 Å². The number of benzene rings is 2. The number of hydrogen-bond donors (Lipinski definition) is 0. The van der Waals surface area contributed by atoms with E-state index < -0.39 is 0 Å². The summed E-state index contributed by atoms with van der Waals surface area (Å²) in [6, 6.07) is 10.8. The Hall–Kier alpha value is -0.530. The van der Waals surface area contributed by atoms with E-state index in [1.165, 1.54) is 21.9 Å². The van der Waals surface area contributed by atoms with E-state index in [1.54, 1.807) is 0 Å². The summed E-state index contributed by atoms with van der Waals surface area (Å²) in [4.78, 5) is 0. The van der Waals surface area contributed by atoms with Crippen molar-refractivity contribution in [3.8, 4) is 0 Å². The highest BCUT2D eigenvalue weighted by molar-refractivity contribution is 9.10. The molecule has 1 aliphatic carbocycles. The SMILES string of the molecule is CC1(C)CC(Cl)c2cc(Br)c3ccccc3c21. The Labute approximate surface area is 115 Å². The maximum Gasteiger partial charge on any atom is 0.0597 e. The number of hydrogen-bond acceptors (Lipinski definition) is 0. The molecule has 1 atom stereocenters. The second kappa shape index (κ2) is 3.73. The molecule has 0 aromatic heterocycles. The van der Waals surface area contributed by atoms with Crippen molar-refractivity contribution in [3.63, 3.8) is 0 Å². The van der Waals surface area contributed by atoms with Crippen molar-refractivity contribution in [3.05, 3.63) is 45.9 Å². The molecule has 0 saturated carbocycles. The summed E-state index contributed by atoms with van der Waals surface area (Å²) in [6.45, 7) is 4.57. The fourth-order valence-electron chi connectivity index (χ4n) is 3.01. The van der Waals surface area contributed by atoms with Crippen molar-refractivity contribution in [2.24, 2.45) is 0 Å². The molecule has 88 valence electrons. The second-order valence-electron chi connectivity index (χ2n) is 5.42. The van der Waals surface area contributed by atoms with Gasteiger partial charge in [-0.05, 0) is 39.8 Å². The van der Waals surface area contributed by atoms with Crippen LogP contribution in [0.3, 0.4) is 0 Å². The lowest BCUT2D eigenvalue weighted by molar-refractivity contribution is 0.520. The van der Waals surface area contributed by atoms with Crippen LogP contribution in [0.15, 0.2) is 34.8 Å². The Morgan fingerprint density at radius 2 is 1.88 bits per heavy atom. The van der Waals surface area contributed by atoms with Gasteiger partial charge in [-0.15, -0.1) is 11.6 Å². The summed E-state index contributed by atoms with van der Waals surface area (Å²) >= 11 is 10.1. The smallest absolute Gasteiger partial charge is 0.0597 e. The van der Waals surface area contributed by atoms with Crippen LogP contribution in [0.25, 0.3) is 10.8 Å². The van der Waals surface area contributed by atoms with Gasteiger partial charge >= 0.3 is 0 Å². The predicted octanol–water partition coefficient (Wildman–Crippen LogP) is 5.56. The van der Waals surface area contributed by atoms with Gasteiger partial charge in [-0.2, -0.15) is 0 Å². The molecular formula is C15H14BrCl. The Bertz CT molecular complexity index is 601. The molecule has 0 aliphatic heterocycles. The first kappa shape index (κ1) is 11.6. The maximum atomic E-state index is 6.48. The quantitative estimate of drug-likeness (QED) is 0.559. The van der Waals surface area contributed by atoms with Crippen LogP contribution in [0.1, 0.15) is 36.8 Å². The second-order valence-corrected chi connectivity index (χ2v) is 6.80. The number of fused-ring (bicyclic) bond motifs is 3. The van der Waals surface area contributed by atoms with Gasteiger partial charge in [0.15, 0.2) is 0 Å². The van der Waals surface area contributed by atoms with Crippen molar-refractivity contribution in [1.82, 2.24) is 0 Å². The van der Waals surface area contributed by atoms with E-state index in [0.717, 1.165) is 10.9 Å². The minimum Gasteiger partial charge on any atom is -0.118 e. The molecule has 0 nitrogen and oxygen atoms in total. The van der Waals surface area contributed by atoms with Crippen molar-refractivity contribution >= 4 is 38.3 Å². The Balaban J connectivity index is 2.47. The van der Waals surface area contributed by atoms with E-state index in [4.69, 9.17) is 11.6 Å². The zero-order valence-corrected chi connectivity index (χ0v) is 12.3. The lowest BCUT2D eigenvalue weighted by Crippen LogP contribution is -2.12. The molecule has 0 spiro atoms. The minimum atomic E-state index is 0.140. The molecule has 3 rings (SSSR count). The summed E-state index contributed by atoms with van der Waals surface area (Å²) in [5.41, 5.74) is 2.89. The van der Waals surface area contributed by atoms with Crippen molar-refractivity contribution in [1.29, 1.82) is 0 Å². The van der Waals surface area contributed by atoms with Gasteiger partial charge in [-0.3, -0.25) is 0 Å². The molecule has 0 heterocycles. The first-order valence-corrected chi connectivity index (χ1v) is 7.09. The van der Waals surface area contributed by atoms with Crippen molar-refractivity contribution in [2.75, 3.05) is 0 Å². The lowest BCUT2D eigenvalue weighted by atomic mass is 9.83. The number of rotatable bonds is 0. The van der Waals surface area contributed by atoms with Gasteiger partial charge in [0.25, 0.3) is 0 Å². The first-order valence-electron chi connectivity index (χ1n) is 5.86. The monoisotopic (exact) mass is 308 g/mol. The number of halogens is 2. The summed E-state index contributed by atoms with van der Waals surface area (Å²) in [6.07, 6.45) is 1.02. The van der Waals surface area contributed by atoms with Crippen LogP contribution in [-0.2, 0) is 5.41 Å². The number of alkyl halides is 1. The molecule has 0 radical (unpaired) electrons. The van der Waals surface area contributed by atoms with Crippen LogP contribution < -0.4 is 0 Å². The van der Waals surface area contributed by atoms with E-state index in [0.29, 0.717) is 0 Å². The van der Waals surface area contributed by atoms with Crippen LogP contribution in [0, 0.1) is 0 Å². The molecule has 17 heavy (non-hydrogen) atoms. The Morgan fingerprint density at radius 3 is 2.59 bits per heavy atom. The molecule has 0 fully saturated rings. The highest BCUT2D eigenvalue weighted by Gasteiger charge is 2.37. The normalized spacial score (nSPS) is 21.8. The lowest BCUT2D eigenvalue weighted by Gasteiger charge is -2.21. The van der Waals surface area contributed by atoms with Gasteiger partial charge in [0.1, 0.15) is 0 Å². The Morgan fingerprint density at radius 1 is 1.24 bits per heavy atom. The maximum absolute atomic E-state index is 6.48. The molecule has 0 bridgehead atoms. The fourth-order valence-corrected chi connectivity index (χ4v) is 4.16. The summed E-state index contributed by atoms with van der Waals surface area (Å²) < 4.78 is 1.15. The molecule has 0 N–H and O–H groups in total. The van der Waals surface area contributed by atoms with Gasteiger partial charge < -0.3 is 0 Å². The highest BCUT2D eigenvalue weighted by atomic mass is 79.9. The first-order chi connectivity index (χ1) is 8.00. The van der Waals surface area contributed by atoms with Crippen LogP contribution in [0.5, 0.6) is 0 Å². The van der Waals surface area contributed by atoms with Crippen LogP contribution in [0.2, 0.25) is 0 Å². The molecule has 2 aromatic carbocycles. The average molecular weight is 310 g/mol. The van der Waals surface area contributed by atoms with Gasteiger partial charge in [-0.1, -0.05) is 54.0 Å². The third kappa shape index (κ3) is 1.63. The minimum absolute atomic E-state index is 0.140. The van der Waals surface area contributed by atoms with Gasteiger partial charge in [0.05, 0.1) is 5.38 Å². The van der Waals surface area contributed by atoms with Crippen LogP contribution in [0.4, 0.5) is 0 Å². The van der Waals surface area contributed by atoms with Gasteiger partial charge in [-0.25, -0.2) is 0 Å². The average Bonchev–Trinajstić information content (AvgIpc) is 2.49. The largest absolute Gasteiger partial charge is 0.118 e. The highest BCUT2D eigenvalue weighted by Crippen LogP contribution is 2.51. The van der Waals surface area contributed by atoms with Crippen LogP contribution in [-0.4, -0.2) is 0 Å². The van der Waals surface area contributed by atoms with E-state index >= 15 is 0 Å².